The molecule has 2 rings (SSSR count). The SMILES string of the molecule is O=C(O)C=CCN1C(=O)C(=O)c2ccc(Br)cc21. The average molecular weight is 310 g/mol. The molecule has 1 aromatic carbocycles. The van der Waals surface area contributed by atoms with Crippen LogP contribution in [0.5, 0.6) is 0 Å². The van der Waals surface area contributed by atoms with Crippen LogP contribution in [0.2, 0.25) is 0 Å². The second-order valence-electron chi connectivity index (χ2n) is 3.65. The topological polar surface area (TPSA) is 74.7 Å². The summed E-state index contributed by atoms with van der Waals surface area (Å²) in [6.07, 6.45) is 2.26. The molecule has 0 bridgehead atoms. The van der Waals surface area contributed by atoms with E-state index in [1.807, 2.05) is 0 Å². The van der Waals surface area contributed by atoms with Crippen molar-refractivity contribution in [1.82, 2.24) is 0 Å². The number of rotatable bonds is 3. The third-order valence-corrected chi connectivity index (χ3v) is 2.98. The molecule has 18 heavy (non-hydrogen) atoms. The molecule has 0 radical (unpaired) electrons. The third kappa shape index (κ3) is 2.19. The zero-order valence-corrected chi connectivity index (χ0v) is 10.7. The van der Waals surface area contributed by atoms with Crippen LogP contribution in [0.4, 0.5) is 5.69 Å². The molecule has 0 aromatic heterocycles. The summed E-state index contributed by atoms with van der Waals surface area (Å²) in [4.78, 5) is 35.0. The summed E-state index contributed by atoms with van der Waals surface area (Å²) in [7, 11) is 0. The summed E-state index contributed by atoms with van der Waals surface area (Å²) in [6, 6.07) is 4.91. The lowest BCUT2D eigenvalue weighted by atomic mass is 10.1. The van der Waals surface area contributed by atoms with Crippen molar-refractivity contribution in [1.29, 1.82) is 0 Å². The Labute approximate surface area is 111 Å². The monoisotopic (exact) mass is 309 g/mol. The Bertz CT molecular complexity index is 579. The fraction of sp³-hybridized carbons (Fsp3) is 0.0833. The summed E-state index contributed by atoms with van der Waals surface area (Å²) >= 11 is 3.26. The molecule has 1 heterocycles. The van der Waals surface area contributed by atoms with Crippen molar-refractivity contribution >= 4 is 39.3 Å². The minimum Gasteiger partial charge on any atom is -0.478 e. The van der Waals surface area contributed by atoms with E-state index in [0.29, 0.717) is 11.3 Å². The van der Waals surface area contributed by atoms with Crippen LogP contribution in [0.3, 0.4) is 0 Å². The van der Waals surface area contributed by atoms with Crippen LogP contribution < -0.4 is 4.90 Å². The van der Waals surface area contributed by atoms with Gasteiger partial charge >= 0.3 is 5.97 Å². The molecule has 0 saturated heterocycles. The summed E-state index contributed by atoms with van der Waals surface area (Å²) in [5, 5.41) is 8.48. The number of anilines is 1. The minimum absolute atomic E-state index is 0.0559. The predicted octanol–water partition coefficient (Wildman–Crippen LogP) is 1.62. The number of aliphatic carboxylic acids is 1. The average Bonchev–Trinajstić information content (AvgIpc) is 2.53. The first-order valence-electron chi connectivity index (χ1n) is 5.06. The number of halogens is 1. The highest BCUT2D eigenvalue weighted by atomic mass is 79.9. The number of nitrogens with zero attached hydrogens (tertiary/aromatic N) is 1. The lowest BCUT2D eigenvalue weighted by molar-refractivity contribution is -0.131. The Hall–Kier alpha value is -1.95. The van der Waals surface area contributed by atoms with Gasteiger partial charge in [-0.3, -0.25) is 9.59 Å². The number of Topliss-reactive ketones (excluding diaryl/α,β-unsaturated/α-hetero) is 1. The number of benzene rings is 1. The van der Waals surface area contributed by atoms with Crippen LogP contribution in [-0.4, -0.2) is 29.3 Å². The van der Waals surface area contributed by atoms with Crippen molar-refractivity contribution in [2.24, 2.45) is 0 Å². The molecule has 1 aliphatic rings. The van der Waals surface area contributed by atoms with E-state index in [1.165, 1.54) is 11.0 Å². The fourth-order valence-corrected chi connectivity index (χ4v) is 2.06. The quantitative estimate of drug-likeness (QED) is 0.680. The maximum Gasteiger partial charge on any atom is 0.328 e. The first-order chi connectivity index (χ1) is 8.50. The van der Waals surface area contributed by atoms with Crippen LogP contribution in [0.25, 0.3) is 0 Å². The minimum atomic E-state index is -1.09. The van der Waals surface area contributed by atoms with Gasteiger partial charge in [-0.2, -0.15) is 0 Å². The summed E-state index contributed by atoms with van der Waals surface area (Å²) < 4.78 is 0.746. The highest BCUT2D eigenvalue weighted by Gasteiger charge is 2.34. The Morgan fingerprint density at radius 1 is 1.39 bits per heavy atom. The van der Waals surface area contributed by atoms with E-state index in [4.69, 9.17) is 5.11 Å². The molecule has 0 unspecified atom stereocenters. The second kappa shape index (κ2) is 4.73. The zero-order valence-electron chi connectivity index (χ0n) is 9.09. The van der Waals surface area contributed by atoms with Crippen molar-refractivity contribution in [3.63, 3.8) is 0 Å². The fourth-order valence-electron chi connectivity index (χ4n) is 1.71. The molecule has 0 aliphatic carbocycles. The van der Waals surface area contributed by atoms with Gasteiger partial charge in [0.2, 0.25) is 0 Å². The zero-order chi connectivity index (χ0) is 13.3. The van der Waals surface area contributed by atoms with E-state index in [2.05, 4.69) is 15.9 Å². The van der Waals surface area contributed by atoms with Gasteiger partial charge in [0.1, 0.15) is 0 Å². The molecule has 92 valence electrons. The number of ketones is 1. The summed E-state index contributed by atoms with van der Waals surface area (Å²) in [5.74, 6) is -2.30. The molecule has 0 fully saturated rings. The van der Waals surface area contributed by atoms with Crippen LogP contribution in [0.15, 0.2) is 34.8 Å². The number of amides is 1. The molecule has 1 aliphatic heterocycles. The van der Waals surface area contributed by atoms with Gasteiger partial charge in [-0.25, -0.2) is 4.79 Å². The van der Waals surface area contributed by atoms with Crippen LogP contribution in [-0.2, 0) is 9.59 Å². The van der Waals surface area contributed by atoms with E-state index >= 15 is 0 Å². The summed E-state index contributed by atoms with van der Waals surface area (Å²) in [5.41, 5.74) is 0.835. The molecular weight excluding hydrogens is 302 g/mol. The van der Waals surface area contributed by atoms with Crippen LogP contribution >= 0.6 is 15.9 Å². The number of hydrogen-bond donors (Lipinski definition) is 1. The number of carboxylic acids is 1. The molecule has 0 spiro atoms. The van der Waals surface area contributed by atoms with Gasteiger partial charge in [-0.15, -0.1) is 0 Å². The maximum atomic E-state index is 11.7. The van der Waals surface area contributed by atoms with E-state index in [1.54, 1.807) is 18.2 Å². The van der Waals surface area contributed by atoms with Gasteiger partial charge in [0.05, 0.1) is 11.3 Å². The standard InChI is InChI=1S/C12H8BrNO4/c13-7-3-4-8-9(6-7)14(12(18)11(8)17)5-1-2-10(15)16/h1-4,6H,5H2,(H,15,16). The smallest absolute Gasteiger partial charge is 0.328 e. The number of carbonyl (C=O) groups excluding carboxylic acids is 2. The summed E-state index contributed by atoms with van der Waals surface area (Å²) in [6.45, 7) is 0.0559. The van der Waals surface area contributed by atoms with Gasteiger partial charge < -0.3 is 10.0 Å². The van der Waals surface area contributed by atoms with Gasteiger partial charge in [0, 0.05) is 17.1 Å². The Morgan fingerprint density at radius 3 is 2.78 bits per heavy atom. The van der Waals surface area contributed by atoms with Crippen molar-refractivity contribution < 1.29 is 19.5 Å². The Morgan fingerprint density at radius 2 is 2.11 bits per heavy atom. The van der Waals surface area contributed by atoms with Crippen molar-refractivity contribution in [3.05, 3.63) is 40.4 Å². The van der Waals surface area contributed by atoms with Gasteiger partial charge in [0.15, 0.2) is 0 Å². The third-order valence-electron chi connectivity index (χ3n) is 2.48. The van der Waals surface area contributed by atoms with E-state index in [0.717, 1.165) is 10.5 Å². The first kappa shape index (κ1) is 12.5. The molecule has 1 amide bonds. The first-order valence-corrected chi connectivity index (χ1v) is 5.85. The molecule has 5 nitrogen and oxygen atoms in total. The van der Waals surface area contributed by atoms with Crippen molar-refractivity contribution in [2.45, 2.75) is 0 Å². The second-order valence-corrected chi connectivity index (χ2v) is 4.56. The van der Waals surface area contributed by atoms with E-state index in [9.17, 15) is 14.4 Å². The molecular formula is C12H8BrNO4. The highest BCUT2D eigenvalue weighted by molar-refractivity contribution is 9.10. The molecule has 1 N–H and O–H groups in total. The molecule has 0 atom stereocenters. The van der Waals surface area contributed by atoms with Crippen LogP contribution in [0.1, 0.15) is 10.4 Å². The predicted molar refractivity (Wildman–Crippen MR) is 67.6 cm³/mol. The molecule has 1 aromatic rings. The van der Waals surface area contributed by atoms with Crippen molar-refractivity contribution in [3.8, 4) is 0 Å². The lowest BCUT2D eigenvalue weighted by Gasteiger charge is -2.13. The highest BCUT2D eigenvalue weighted by Crippen LogP contribution is 2.31. The lowest BCUT2D eigenvalue weighted by Crippen LogP contribution is -2.29. The van der Waals surface area contributed by atoms with Crippen LogP contribution in [0, 0.1) is 0 Å². The normalized spacial score (nSPS) is 14.4. The molecule has 0 saturated carbocycles. The van der Waals surface area contributed by atoms with Gasteiger partial charge in [-0.1, -0.05) is 22.0 Å². The number of fused-ring (bicyclic) bond motifs is 1. The Kier molecular flexibility index (Phi) is 3.29. The number of hydrogen-bond acceptors (Lipinski definition) is 3. The molecule has 6 heteroatoms. The number of carboxylic acid groups (broad SMARTS) is 1. The Balaban J connectivity index is 2.33. The van der Waals surface area contributed by atoms with E-state index in [-0.39, 0.29) is 6.54 Å². The van der Waals surface area contributed by atoms with Gasteiger partial charge in [-0.05, 0) is 18.2 Å². The number of carbonyl (C=O) groups is 3. The van der Waals surface area contributed by atoms with E-state index < -0.39 is 17.7 Å². The van der Waals surface area contributed by atoms with Crippen molar-refractivity contribution in [2.75, 3.05) is 11.4 Å². The van der Waals surface area contributed by atoms with Gasteiger partial charge in [0.25, 0.3) is 11.7 Å². The largest absolute Gasteiger partial charge is 0.478 e. The maximum absolute atomic E-state index is 11.7.